The van der Waals surface area contributed by atoms with Crippen LogP contribution in [0, 0.1) is 0 Å². The predicted molar refractivity (Wildman–Crippen MR) is 143 cm³/mol. The second-order valence-corrected chi connectivity index (χ2v) is 8.94. The minimum Gasteiger partial charge on any atom is -0.462 e. The number of esters is 2. The SMILES string of the molecule is C=CC(=O)Oc1ccc(Sc2ccc(C(=O)/C(C)=N/OC(=O)c3ccccc3C(=O)OCCC)cc2)cc1. The molecule has 0 aromatic heterocycles. The second kappa shape index (κ2) is 13.7. The van der Waals surface area contributed by atoms with Crippen LogP contribution < -0.4 is 4.74 Å². The van der Waals surface area contributed by atoms with E-state index in [0.717, 1.165) is 15.9 Å². The van der Waals surface area contributed by atoms with Crippen LogP contribution in [0.4, 0.5) is 0 Å². The molecule has 0 heterocycles. The lowest BCUT2D eigenvalue weighted by Crippen LogP contribution is -2.15. The number of ketones is 1. The highest BCUT2D eigenvalue weighted by Gasteiger charge is 2.20. The van der Waals surface area contributed by atoms with Crippen LogP contribution in [0.3, 0.4) is 0 Å². The smallest absolute Gasteiger partial charge is 0.366 e. The summed E-state index contributed by atoms with van der Waals surface area (Å²) >= 11 is 1.46. The molecule has 0 N–H and O–H groups in total. The molecule has 0 radical (unpaired) electrons. The summed E-state index contributed by atoms with van der Waals surface area (Å²) in [6.07, 6.45) is 1.74. The molecule has 3 rings (SSSR count). The zero-order valence-corrected chi connectivity index (χ0v) is 21.7. The van der Waals surface area contributed by atoms with Crippen LogP contribution in [0.1, 0.15) is 51.3 Å². The second-order valence-electron chi connectivity index (χ2n) is 7.79. The Bertz CT molecular complexity index is 1360. The van der Waals surface area contributed by atoms with E-state index in [1.807, 2.05) is 19.1 Å². The predicted octanol–water partition coefficient (Wildman–Crippen LogP) is 5.91. The summed E-state index contributed by atoms with van der Waals surface area (Å²) < 4.78 is 10.2. The van der Waals surface area contributed by atoms with Crippen molar-refractivity contribution in [2.45, 2.75) is 30.1 Å². The van der Waals surface area contributed by atoms with Gasteiger partial charge in [-0.25, -0.2) is 14.4 Å². The van der Waals surface area contributed by atoms with Gasteiger partial charge in [0, 0.05) is 21.4 Å². The van der Waals surface area contributed by atoms with Crippen LogP contribution in [0.15, 0.2) is 100 Å². The molecule has 3 aromatic rings. The summed E-state index contributed by atoms with van der Waals surface area (Å²) in [6, 6.07) is 19.9. The minimum atomic E-state index is -0.877. The van der Waals surface area contributed by atoms with E-state index in [0.29, 0.717) is 17.7 Å². The molecule has 9 heteroatoms. The standard InChI is InChI=1S/C29H25NO7S/c1-4-18-35-28(33)24-8-6-7-9-25(24)29(34)37-30-19(3)27(32)20-10-14-22(15-11-20)38-23-16-12-21(13-17-23)36-26(31)5-2/h5-17H,2,4,18H2,1,3H3/b30-19+. The summed E-state index contributed by atoms with van der Waals surface area (Å²) in [5.41, 5.74) is 0.382. The van der Waals surface area contributed by atoms with Gasteiger partial charge in [0.2, 0.25) is 5.78 Å². The molecule has 0 saturated carbocycles. The topological polar surface area (TPSA) is 108 Å². The molecule has 0 spiro atoms. The Morgan fingerprint density at radius 1 is 0.868 bits per heavy atom. The van der Waals surface area contributed by atoms with Crippen molar-refractivity contribution < 1.29 is 33.5 Å². The quantitative estimate of drug-likeness (QED) is 0.0571. The number of carbonyl (C=O) groups excluding carboxylic acids is 4. The summed E-state index contributed by atoms with van der Waals surface area (Å²) in [6.45, 7) is 6.88. The van der Waals surface area contributed by atoms with E-state index < -0.39 is 23.7 Å². The van der Waals surface area contributed by atoms with Crippen molar-refractivity contribution in [1.29, 1.82) is 0 Å². The molecule has 0 aliphatic carbocycles. The van der Waals surface area contributed by atoms with Gasteiger partial charge in [-0.15, -0.1) is 0 Å². The van der Waals surface area contributed by atoms with Gasteiger partial charge in [-0.2, -0.15) is 0 Å². The molecule has 38 heavy (non-hydrogen) atoms. The van der Waals surface area contributed by atoms with Crippen molar-refractivity contribution in [2.75, 3.05) is 6.61 Å². The average molecular weight is 532 g/mol. The molecule has 0 fully saturated rings. The van der Waals surface area contributed by atoms with Gasteiger partial charge in [-0.3, -0.25) is 4.79 Å². The Morgan fingerprint density at radius 3 is 2.03 bits per heavy atom. The molecular weight excluding hydrogens is 506 g/mol. The van der Waals surface area contributed by atoms with Gasteiger partial charge in [-0.1, -0.05) is 42.6 Å². The zero-order chi connectivity index (χ0) is 27.5. The number of Topliss-reactive ketones (excluding diaryl/α,β-unsaturated/α-hetero) is 1. The van der Waals surface area contributed by atoms with Crippen molar-refractivity contribution in [3.05, 3.63) is 102 Å². The highest BCUT2D eigenvalue weighted by molar-refractivity contribution is 7.99. The van der Waals surface area contributed by atoms with E-state index in [1.54, 1.807) is 48.5 Å². The summed E-state index contributed by atoms with van der Waals surface area (Å²) in [7, 11) is 0. The number of ether oxygens (including phenoxy) is 2. The first kappa shape index (κ1) is 28.1. The van der Waals surface area contributed by atoms with Gasteiger partial charge in [0.15, 0.2) is 0 Å². The maximum atomic E-state index is 12.8. The van der Waals surface area contributed by atoms with Crippen molar-refractivity contribution in [3.8, 4) is 5.75 Å². The fourth-order valence-electron chi connectivity index (χ4n) is 3.07. The third kappa shape index (κ3) is 7.75. The zero-order valence-electron chi connectivity index (χ0n) is 20.8. The molecule has 0 aliphatic heterocycles. The van der Waals surface area contributed by atoms with E-state index >= 15 is 0 Å². The third-order valence-corrected chi connectivity index (χ3v) is 5.98. The van der Waals surface area contributed by atoms with E-state index in [-0.39, 0.29) is 23.4 Å². The first-order valence-corrected chi connectivity index (χ1v) is 12.4. The van der Waals surface area contributed by atoms with E-state index in [4.69, 9.17) is 14.3 Å². The number of nitrogens with zero attached hydrogens (tertiary/aromatic N) is 1. The van der Waals surface area contributed by atoms with Crippen molar-refractivity contribution in [3.63, 3.8) is 0 Å². The first-order valence-electron chi connectivity index (χ1n) is 11.6. The molecule has 0 bridgehead atoms. The van der Waals surface area contributed by atoms with Crippen LogP contribution in [0.2, 0.25) is 0 Å². The Kier molecular flexibility index (Phi) is 10.1. The Morgan fingerprint density at radius 2 is 1.45 bits per heavy atom. The van der Waals surface area contributed by atoms with E-state index in [2.05, 4.69) is 11.7 Å². The van der Waals surface area contributed by atoms with Gasteiger partial charge < -0.3 is 14.3 Å². The highest BCUT2D eigenvalue weighted by Crippen LogP contribution is 2.29. The molecule has 0 atom stereocenters. The van der Waals surface area contributed by atoms with Crippen molar-refractivity contribution >= 4 is 41.2 Å². The highest BCUT2D eigenvalue weighted by atomic mass is 32.2. The fourth-order valence-corrected chi connectivity index (χ4v) is 3.88. The monoisotopic (exact) mass is 531 g/mol. The fraction of sp³-hybridized carbons (Fsp3) is 0.138. The van der Waals surface area contributed by atoms with E-state index in [1.165, 1.54) is 30.8 Å². The molecule has 0 amide bonds. The number of hydrogen-bond donors (Lipinski definition) is 0. The number of carbonyl (C=O) groups is 4. The summed E-state index contributed by atoms with van der Waals surface area (Å²) in [4.78, 5) is 55.5. The van der Waals surface area contributed by atoms with Crippen molar-refractivity contribution in [1.82, 2.24) is 0 Å². The molecular formula is C29H25NO7S. The van der Waals surface area contributed by atoms with Gasteiger partial charge in [0.1, 0.15) is 11.5 Å². The Labute approximate surface area is 224 Å². The maximum absolute atomic E-state index is 12.8. The van der Waals surface area contributed by atoms with Crippen LogP contribution in [-0.2, 0) is 14.4 Å². The van der Waals surface area contributed by atoms with Crippen LogP contribution in [-0.4, -0.2) is 36.0 Å². The van der Waals surface area contributed by atoms with Gasteiger partial charge >= 0.3 is 17.9 Å². The largest absolute Gasteiger partial charge is 0.462 e. The number of rotatable bonds is 11. The van der Waals surface area contributed by atoms with Crippen LogP contribution >= 0.6 is 11.8 Å². The van der Waals surface area contributed by atoms with Crippen LogP contribution in [0.25, 0.3) is 0 Å². The normalized spacial score (nSPS) is 10.8. The maximum Gasteiger partial charge on any atom is 0.366 e. The van der Waals surface area contributed by atoms with Gasteiger partial charge in [0.25, 0.3) is 0 Å². The van der Waals surface area contributed by atoms with Gasteiger partial charge in [0.05, 0.1) is 17.7 Å². The lowest BCUT2D eigenvalue weighted by Gasteiger charge is -2.07. The summed E-state index contributed by atoms with van der Waals surface area (Å²) in [5, 5.41) is 3.68. The number of hydrogen-bond acceptors (Lipinski definition) is 9. The lowest BCUT2D eigenvalue weighted by atomic mass is 10.1. The Balaban J connectivity index is 1.62. The van der Waals surface area contributed by atoms with Crippen LogP contribution in [0.5, 0.6) is 5.75 Å². The molecule has 194 valence electrons. The molecule has 0 unspecified atom stereocenters. The third-order valence-electron chi connectivity index (χ3n) is 4.96. The van der Waals surface area contributed by atoms with Crippen molar-refractivity contribution in [2.24, 2.45) is 5.16 Å². The molecule has 8 nitrogen and oxygen atoms in total. The minimum absolute atomic E-state index is 0.00844. The lowest BCUT2D eigenvalue weighted by molar-refractivity contribution is -0.128. The Hall–Kier alpha value is -4.50. The van der Waals surface area contributed by atoms with E-state index in [9.17, 15) is 19.2 Å². The molecule has 0 saturated heterocycles. The number of oxime groups is 1. The molecule has 0 aliphatic rings. The number of benzene rings is 3. The summed E-state index contributed by atoms with van der Waals surface area (Å²) in [5.74, 6) is -2.05. The average Bonchev–Trinajstić information content (AvgIpc) is 2.95. The first-order chi connectivity index (χ1) is 18.3. The molecule has 3 aromatic carbocycles. The van der Waals surface area contributed by atoms with Gasteiger partial charge in [-0.05, 0) is 74.0 Å².